The van der Waals surface area contributed by atoms with Crippen LogP contribution < -0.4 is 0 Å². The van der Waals surface area contributed by atoms with E-state index in [0.717, 1.165) is 18.7 Å². The van der Waals surface area contributed by atoms with Crippen LogP contribution >= 0.6 is 0 Å². The second-order valence-corrected chi connectivity index (χ2v) is 3.68. The van der Waals surface area contributed by atoms with Gasteiger partial charge in [0.1, 0.15) is 0 Å². The maximum atomic E-state index is 9.96. The molecule has 0 aromatic heterocycles. The second kappa shape index (κ2) is 3.74. The number of rotatable bonds is 2. The fourth-order valence-electron chi connectivity index (χ4n) is 1.84. The number of nitrogens with zero attached hydrogens (tertiary/aromatic N) is 2. The van der Waals surface area contributed by atoms with Gasteiger partial charge in [0.05, 0.1) is 6.54 Å². The number of carbonyl (C=O) groups excluding carboxylic acids is 1. The number of fused-ring (bicyclic) bond motifs is 1. The predicted molar refractivity (Wildman–Crippen MR) is 53.4 cm³/mol. The summed E-state index contributed by atoms with van der Waals surface area (Å²) in [6.45, 7) is 2.46. The first kappa shape index (κ1) is 9.13. The highest BCUT2D eigenvalue weighted by molar-refractivity contribution is 5.37. The Balaban J connectivity index is 2.23. The molecule has 0 unspecified atom stereocenters. The number of benzene rings is 1. The Morgan fingerprint density at radius 1 is 1.43 bits per heavy atom. The molecule has 0 N–H and O–H groups in total. The first-order valence-electron chi connectivity index (χ1n) is 4.62. The highest BCUT2D eigenvalue weighted by Crippen LogP contribution is 2.22. The summed E-state index contributed by atoms with van der Waals surface area (Å²) in [5, 5.41) is 0. The summed E-state index contributed by atoms with van der Waals surface area (Å²) in [7, 11) is 2.10. The molecule has 14 heavy (non-hydrogen) atoms. The van der Waals surface area contributed by atoms with Crippen molar-refractivity contribution in [1.29, 1.82) is 0 Å². The Morgan fingerprint density at radius 3 is 3.00 bits per heavy atom. The molecule has 1 aromatic carbocycles. The lowest BCUT2D eigenvalue weighted by atomic mass is 10.1. The van der Waals surface area contributed by atoms with Crippen LogP contribution in [0.4, 0.5) is 0 Å². The van der Waals surface area contributed by atoms with E-state index < -0.39 is 0 Å². The fourth-order valence-corrected chi connectivity index (χ4v) is 1.84. The van der Waals surface area contributed by atoms with E-state index in [9.17, 15) is 4.79 Å². The summed E-state index contributed by atoms with van der Waals surface area (Å²) in [6, 6.07) is 6.27. The van der Waals surface area contributed by atoms with E-state index in [2.05, 4.69) is 29.1 Å². The van der Waals surface area contributed by atoms with Crippen LogP contribution in [-0.4, -0.2) is 18.0 Å². The van der Waals surface area contributed by atoms with Gasteiger partial charge in [0.2, 0.25) is 6.08 Å². The molecule has 1 aromatic rings. The summed E-state index contributed by atoms with van der Waals surface area (Å²) in [6.07, 6.45) is 1.56. The first-order chi connectivity index (χ1) is 6.79. The van der Waals surface area contributed by atoms with Gasteiger partial charge in [-0.15, -0.1) is 0 Å². The van der Waals surface area contributed by atoms with Crippen LogP contribution in [0.15, 0.2) is 23.2 Å². The van der Waals surface area contributed by atoms with Crippen LogP contribution in [0, 0.1) is 0 Å². The van der Waals surface area contributed by atoms with Gasteiger partial charge in [-0.3, -0.25) is 4.90 Å². The highest BCUT2D eigenvalue weighted by Gasteiger charge is 2.14. The zero-order chi connectivity index (χ0) is 9.97. The molecule has 72 valence electrons. The van der Waals surface area contributed by atoms with Gasteiger partial charge in [-0.25, -0.2) is 9.79 Å². The molecule has 0 amide bonds. The standard InChI is InChI=1S/C11H12N2O/c1-13-6-10-3-2-9(5-12-8-14)4-11(10)7-13/h2-4H,5-7H2,1H3. The van der Waals surface area contributed by atoms with E-state index in [1.807, 2.05) is 6.07 Å². The average Bonchev–Trinajstić information content (AvgIpc) is 2.54. The third-order valence-electron chi connectivity index (χ3n) is 2.48. The minimum atomic E-state index is 0.445. The third kappa shape index (κ3) is 1.74. The van der Waals surface area contributed by atoms with Crippen molar-refractivity contribution in [2.75, 3.05) is 7.05 Å². The SMILES string of the molecule is CN1Cc2ccc(CN=C=O)cc2C1. The van der Waals surface area contributed by atoms with Gasteiger partial charge >= 0.3 is 0 Å². The summed E-state index contributed by atoms with van der Waals surface area (Å²) in [5.41, 5.74) is 3.82. The minimum Gasteiger partial charge on any atom is -0.298 e. The van der Waals surface area contributed by atoms with Crippen LogP contribution in [-0.2, 0) is 24.4 Å². The Kier molecular flexibility index (Phi) is 2.44. The van der Waals surface area contributed by atoms with Gasteiger partial charge in [0.15, 0.2) is 0 Å². The Morgan fingerprint density at radius 2 is 2.21 bits per heavy atom. The maximum Gasteiger partial charge on any atom is 0.235 e. The van der Waals surface area contributed by atoms with E-state index in [1.165, 1.54) is 11.1 Å². The Bertz CT molecular complexity index is 394. The van der Waals surface area contributed by atoms with Crippen LogP contribution in [0.2, 0.25) is 0 Å². The second-order valence-electron chi connectivity index (χ2n) is 3.68. The molecular formula is C11H12N2O. The lowest BCUT2D eigenvalue weighted by Gasteiger charge is -2.02. The van der Waals surface area contributed by atoms with Crippen molar-refractivity contribution in [2.24, 2.45) is 4.99 Å². The summed E-state index contributed by atoms with van der Waals surface area (Å²) in [5.74, 6) is 0. The van der Waals surface area contributed by atoms with Crippen molar-refractivity contribution in [3.8, 4) is 0 Å². The van der Waals surface area contributed by atoms with Crippen LogP contribution in [0.1, 0.15) is 16.7 Å². The summed E-state index contributed by atoms with van der Waals surface area (Å²) in [4.78, 5) is 15.8. The number of aliphatic imine (C=N–C) groups is 1. The molecule has 1 heterocycles. The van der Waals surface area contributed by atoms with Gasteiger partial charge in [-0.05, 0) is 23.7 Å². The normalized spacial score (nSPS) is 14.9. The van der Waals surface area contributed by atoms with E-state index >= 15 is 0 Å². The fraction of sp³-hybridized carbons (Fsp3) is 0.364. The van der Waals surface area contributed by atoms with E-state index in [4.69, 9.17) is 0 Å². The zero-order valence-electron chi connectivity index (χ0n) is 8.16. The quantitative estimate of drug-likeness (QED) is 0.520. The molecular weight excluding hydrogens is 176 g/mol. The molecule has 0 aliphatic carbocycles. The molecule has 2 rings (SSSR count). The van der Waals surface area contributed by atoms with Gasteiger partial charge < -0.3 is 0 Å². The molecule has 1 aliphatic heterocycles. The summed E-state index contributed by atoms with van der Waals surface area (Å²) < 4.78 is 0. The molecule has 0 fully saturated rings. The lowest BCUT2D eigenvalue weighted by Crippen LogP contribution is -2.07. The number of isocyanates is 1. The smallest absolute Gasteiger partial charge is 0.235 e. The molecule has 0 bridgehead atoms. The van der Waals surface area contributed by atoms with E-state index in [1.54, 1.807) is 6.08 Å². The highest BCUT2D eigenvalue weighted by atomic mass is 16.1. The van der Waals surface area contributed by atoms with Gasteiger partial charge in [-0.1, -0.05) is 18.2 Å². The molecule has 0 saturated heterocycles. The average molecular weight is 188 g/mol. The van der Waals surface area contributed by atoms with Crippen molar-refractivity contribution in [2.45, 2.75) is 19.6 Å². The monoisotopic (exact) mass is 188 g/mol. The van der Waals surface area contributed by atoms with Crippen molar-refractivity contribution in [3.63, 3.8) is 0 Å². The number of hydrogen-bond acceptors (Lipinski definition) is 3. The molecule has 0 radical (unpaired) electrons. The maximum absolute atomic E-state index is 9.96. The topological polar surface area (TPSA) is 32.7 Å². The molecule has 3 nitrogen and oxygen atoms in total. The van der Waals surface area contributed by atoms with Crippen molar-refractivity contribution in [3.05, 3.63) is 34.9 Å². The van der Waals surface area contributed by atoms with E-state index in [0.29, 0.717) is 6.54 Å². The predicted octanol–water partition coefficient (Wildman–Crippen LogP) is 1.47. The van der Waals surface area contributed by atoms with Crippen LogP contribution in [0.5, 0.6) is 0 Å². The van der Waals surface area contributed by atoms with Crippen molar-refractivity contribution in [1.82, 2.24) is 4.90 Å². The van der Waals surface area contributed by atoms with E-state index in [-0.39, 0.29) is 0 Å². The Labute approximate surface area is 83.1 Å². The van der Waals surface area contributed by atoms with Gasteiger partial charge in [0, 0.05) is 13.1 Å². The van der Waals surface area contributed by atoms with Crippen molar-refractivity contribution < 1.29 is 4.79 Å². The molecule has 0 spiro atoms. The van der Waals surface area contributed by atoms with Crippen LogP contribution in [0.25, 0.3) is 0 Å². The summed E-state index contributed by atoms with van der Waals surface area (Å²) >= 11 is 0. The lowest BCUT2D eigenvalue weighted by molar-refractivity contribution is 0.353. The number of hydrogen-bond donors (Lipinski definition) is 0. The van der Waals surface area contributed by atoms with Crippen molar-refractivity contribution >= 4 is 6.08 Å². The van der Waals surface area contributed by atoms with Crippen LogP contribution in [0.3, 0.4) is 0 Å². The molecule has 0 saturated carbocycles. The molecule has 0 atom stereocenters. The Hall–Kier alpha value is -1.44. The largest absolute Gasteiger partial charge is 0.298 e. The zero-order valence-corrected chi connectivity index (χ0v) is 8.16. The van der Waals surface area contributed by atoms with Gasteiger partial charge in [0.25, 0.3) is 0 Å². The first-order valence-corrected chi connectivity index (χ1v) is 4.62. The molecule has 1 aliphatic rings. The minimum absolute atomic E-state index is 0.445. The third-order valence-corrected chi connectivity index (χ3v) is 2.48. The van der Waals surface area contributed by atoms with Gasteiger partial charge in [-0.2, -0.15) is 0 Å². The molecule has 3 heteroatoms.